The van der Waals surface area contributed by atoms with Crippen LogP contribution in [0.3, 0.4) is 0 Å². The second kappa shape index (κ2) is 8.05. The van der Waals surface area contributed by atoms with Gasteiger partial charge in [-0.25, -0.2) is 13.8 Å². The highest BCUT2D eigenvalue weighted by Gasteiger charge is 2.07. The van der Waals surface area contributed by atoms with Crippen LogP contribution in [0.4, 0.5) is 26.2 Å². The molecule has 1 aliphatic carbocycles. The minimum atomic E-state index is -0.906. The van der Waals surface area contributed by atoms with Crippen LogP contribution in [0.1, 0.15) is 37.8 Å². The Morgan fingerprint density at radius 2 is 1.96 bits per heavy atom. The highest BCUT2D eigenvalue weighted by atomic mass is 19.2. The van der Waals surface area contributed by atoms with Gasteiger partial charge >= 0.3 is 0 Å². The molecule has 0 spiro atoms. The van der Waals surface area contributed by atoms with Gasteiger partial charge < -0.3 is 10.6 Å². The number of anilines is 3. The van der Waals surface area contributed by atoms with E-state index in [1.54, 1.807) is 0 Å². The molecule has 3 rings (SSSR count). The van der Waals surface area contributed by atoms with Gasteiger partial charge in [0.25, 0.3) is 0 Å². The first-order valence-electron chi connectivity index (χ1n) is 8.60. The number of hydrogen-bond acceptors (Lipinski definition) is 4. The van der Waals surface area contributed by atoms with Gasteiger partial charge in [-0.2, -0.15) is 4.98 Å². The Labute approximate surface area is 146 Å². The Morgan fingerprint density at radius 3 is 2.72 bits per heavy atom. The third kappa shape index (κ3) is 4.98. The predicted molar refractivity (Wildman–Crippen MR) is 96.1 cm³/mol. The van der Waals surface area contributed by atoms with Crippen molar-refractivity contribution in [3.63, 3.8) is 0 Å². The van der Waals surface area contributed by atoms with Gasteiger partial charge in [0, 0.05) is 30.1 Å². The van der Waals surface area contributed by atoms with E-state index in [1.165, 1.54) is 37.3 Å². The van der Waals surface area contributed by atoms with Gasteiger partial charge in [-0.1, -0.05) is 11.6 Å². The van der Waals surface area contributed by atoms with Crippen molar-refractivity contribution in [2.75, 3.05) is 17.2 Å². The molecule has 0 radical (unpaired) electrons. The SMILES string of the molecule is Cc1cc(NCCC2=CCCCC2)nc(Nc2ccc(F)c(F)c2)n1. The molecule has 4 nitrogen and oxygen atoms in total. The minimum absolute atomic E-state index is 0.352. The van der Waals surface area contributed by atoms with Crippen LogP contribution in [-0.4, -0.2) is 16.5 Å². The Kier molecular flexibility index (Phi) is 5.58. The van der Waals surface area contributed by atoms with Crippen LogP contribution in [0, 0.1) is 18.6 Å². The molecule has 0 unspecified atom stereocenters. The van der Waals surface area contributed by atoms with E-state index in [9.17, 15) is 8.78 Å². The van der Waals surface area contributed by atoms with Crippen molar-refractivity contribution in [3.05, 3.63) is 53.2 Å². The fourth-order valence-electron chi connectivity index (χ4n) is 2.90. The van der Waals surface area contributed by atoms with Crippen LogP contribution >= 0.6 is 0 Å². The molecule has 0 amide bonds. The van der Waals surface area contributed by atoms with Crippen molar-refractivity contribution in [1.29, 1.82) is 0 Å². The maximum atomic E-state index is 13.3. The van der Waals surface area contributed by atoms with Gasteiger partial charge in [-0.15, -0.1) is 0 Å². The smallest absolute Gasteiger partial charge is 0.229 e. The molecular weight excluding hydrogens is 322 g/mol. The lowest BCUT2D eigenvalue weighted by Crippen LogP contribution is -2.08. The summed E-state index contributed by atoms with van der Waals surface area (Å²) >= 11 is 0. The molecule has 1 aromatic heterocycles. The van der Waals surface area contributed by atoms with Crippen molar-refractivity contribution in [2.24, 2.45) is 0 Å². The van der Waals surface area contributed by atoms with E-state index in [0.717, 1.165) is 30.8 Å². The topological polar surface area (TPSA) is 49.8 Å². The first kappa shape index (κ1) is 17.3. The van der Waals surface area contributed by atoms with E-state index in [2.05, 4.69) is 26.7 Å². The minimum Gasteiger partial charge on any atom is -0.370 e. The Hall–Kier alpha value is -2.50. The summed E-state index contributed by atoms with van der Waals surface area (Å²) in [6.07, 6.45) is 8.29. The molecule has 0 aliphatic heterocycles. The summed E-state index contributed by atoms with van der Waals surface area (Å²) in [5, 5.41) is 6.23. The second-order valence-corrected chi connectivity index (χ2v) is 6.26. The normalized spacial score (nSPS) is 14.1. The average molecular weight is 344 g/mol. The molecule has 0 saturated heterocycles. The number of hydrogen-bond donors (Lipinski definition) is 2. The van der Waals surface area contributed by atoms with Gasteiger partial charge in [0.2, 0.25) is 5.95 Å². The van der Waals surface area contributed by atoms with E-state index in [4.69, 9.17) is 0 Å². The summed E-state index contributed by atoms with van der Waals surface area (Å²) in [4.78, 5) is 8.68. The molecule has 2 aromatic rings. The van der Waals surface area contributed by atoms with Crippen LogP contribution in [0.25, 0.3) is 0 Å². The third-order valence-electron chi connectivity index (χ3n) is 4.17. The Bertz CT molecular complexity index is 774. The van der Waals surface area contributed by atoms with Gasteiger partial charge in [0.05, 0.1) is 0 Å². The number of benzene rings is 1. The standard InChI is InChI=1S/C19H22F2N4/c1-13-11-18(22-10-9-14-5-3-2-4-6-14)25-19(23-13)24-15-7-8-16(20)17(21)12-15/h5,7-8,11-12H,2-4,6,9-10H2,1H3,(H2,22,23,24,25). The molecule has 1 aliphatic rings. The summed E-state index contributed by atoms with van der Waals surface area (Å²) in [5.41, 5.74) is 2.70. The average Bonchev–Trinajstić information content (AvgIpc) is 2.59. The molecule has 0 bridgehead atoms. The summed E-state index contributed by atoms with van der Waals surface area (Å²) in [5.74, 6) is -0.716. The number of rotatable bonds is 6. The number of aryl methyl sites for hydroxylation is 1. The summed E-state index contributed by atoms with van der Waals surface area (Å²) in [6, 6.07) is 5.48. The van der Waals surface area contributed by atoms with Crippen molar-refractivity contribution in [3.8, 4) is 0 Å². The molecule has 0 atom stereocenters. The molecule has 1 heterocycles. The quantitative estimate of drug-likeness (QED) is 0.715. The lowest BCUT2D eigenvalue weighted by atomic mass is 9.97. The first-order valence-corrected chi connectivity index (χ1v) is 8.60. The van der Waals surface area contributed by atoms with Crippen LogP contribution in [0.5, 0.6) is 0 Å². The van der Waals surface area contributed by atoms with E-state index in [-0.39, 0.29) is 0 Å². The highest BCUT2D eigenvalue weighted by Crippen LogP contribution is 2.21. The zero-order valence-electron chi connectivity index (χ0n) is 14.3. The maximum Gasteiger partial charge on any atom is 0.229 e. The summed E-state index contributed by atoms with van der Waals surface area (Å²) < 4.78 is 26.3. The maximum absolute atomic E-state index is 13.3. The van der Waals surface area contributed by atoms with E-state index in [0.29, 0.717) is 17.5 Å². The van der Waals surface area contributed by atoms with Gasteiger partial charge in [-0.3, -0.25) is 0 Å². The molecule has 0 saturated carbocycles. The lowest BCUT2D eigenvalue weighted by Gasteiger charge is -2.14. The second-order valence-electron chi connectivity index (χ2n) is 6.26. The zero-order valence-corrected chi connectivity index (χ0v) is 14.3. The molecule has 0 fully saturated rings. The predicted octanol–water partition coefficient (Wildman–Crippen LogP) is 5.11. The summed E-state index contributed by atoms with van der Waals surface area (Å²) in [7, 11) is 0. The van der Waals surface area contributed by atoms with Gasteiger partial charge in [0.15, 0.2) is 11.6 Å². The van der Waals surface area contributed by atoms with Crippen LogP contribution in [0.2, 0.25) is 0 Å². The Morgan fingerprint density at radius 1 is 1.08 bits per heavy atom. The highest BCUT2D eigenvalue weighted by molar-refractivity contribution is 5.55. The third-order valence-corrected chi connectivity index (χ3v) is 4.17. The number of nitrogens with one attached hydrogen (secondary N) is 2. The molecule has 132 valence electrons. The van der Waals surface area contributed by atoms with Crippen molar-refractivity contribution >= 4 is 17.5 Å². The van der Waals surface area contributed by atoms with Gasteiger partial charge in [-0.05, 0) is 51.2 Å². The molecule has 6 heteroatoms. The monoisotopic (exact) mass is 344 g/mol. The van der Waals surface area contributed by atoms with E-state index >= 15 is 0 Å². The molecular formula is C19H22F2N4. The molecule has 1 aromatic carbocycles. The fraction of sp³-hybridized carbons (Fsp3) is 0.368. The van der Waals surface area contributed by atoms with Crippen molar-refractivity contribution in [2.45, 2.75) is 39.0 Å². The van der Waals surface area contributed by atoms with E-state index < -0.39 is 11.6 Å². The number of nitrogens with zero attached hydrogens (tertiary/aromatic N) is 2. The van der Waals surface area contributed by atoms with E-state index in [1.807, 2.05) is 13.0 Å². The molecule has 25 heavy (non-hydrogen) atoms. The van der Waals surface area contributed by atoms with Gasteiger partial charge in [0.1, 0.15) is 5.82 Å². The van der Waals surface area contributed by atoms with Crippen LogP contribution in [0.15, 0.2) is 35.9 Å². The lowest BCUT2D eigenvalue weighted by molar-refractivity contribution is 0.509. The zero-order chi connectivity index (χ0) is 17.6. The molecule has 2 N–H and O–H groups in total. The number of allylic oxidation sites excluding steroid dienone is 1. The van der Waals surface area contributed by atoms with Crippen LogP contribution in [-0.2, 0) is 0 Å². The largest absolute Gasteiger partial charge is 0.370 e. The first-order chi connectivity index (χ1) is 12.1. The Balaban J connectivity index is 1.63. The van der Waals surface area contributed by atoms with Crippen molar-refractivity contribution in [1.82, 2.24) is 9.97 Å². The summed E-state index contributed by atoms with van der Waals surface area (Å²) in [6.45, 7) is 2.68. The van der Waals surface area contributed by atoms with Crippen LogP contribution < -0.4 is 10.6 Å². The number of halogens is 2. The fourth-order valence-corrected chi connectivity index (χ4v) is 2.90. The van der Waals surface area contributed by atoms with Crippen molar-refractivity contribution < 1.29 is 8.78 Å². The number of aromatic nitrogens is 2.